The normalized spacial score (nSPS) is 24.3. The molecular weight excluding hydrogens is 350 g/mol. The summed E-state index contributed by atoms with van der Waals surface area (Å²) in [7, 11) is 0. The first-order chi connectivity index (χ1) is 13.4. The van der Waals surface area contributed by atoms with Crippen molar-refractivity contribution < 1.29 is 9.53 Å². The number of nitrogens with one attached hydrogen (secondary N) is 1. The number of ether oxygens (including phenoxy) is 1. The molecule has 1 saturated heterocycles. The fourth-order valence-electron chi connectivity index (χ4n) is 5.19. The van der Waals surface area contributed by atoms with Crippen LogP contribution in [0.2, 0.25) is 0 Å². The van der Waals surface area contributed by atoms with Gasteiger partial charge < -0.3 is 10.1 Å². The average molecular weight is 380 g/mol. The van der Waals surface area contributed by atoms with Crippen molar-refractivity contribution in [1.29, 1.82) is 5.26 Å². The lowest BCUT2D eigenvalue weighted by atomic mass is 9.62. The molecule has 1 aromatic heterocycles. The lowest BCUT2D eigenvalue weighted by molar-refractivity contribution is 0.0528. The number of para-hydroxylation sites is 1. The quantitative estimate of drug-likeness (QED) is 0.789. The van der Waals surface area contributed by atoms with Crippen molar-refractivity contribution in [2.75, 3.05) is 6.54 Å². The van der Waals surface area contributed by atoms with E-state index in [9.17, 15) is 10.1 Å². The zero-order valence-corrected chi connectivity index (χ0v) is 17.0. The maximum Gasteiger partial charge on any atom is 0.419 e. The largest absolute Gasteiger partial charge is 0.443 e. The first kappa shape index (κ1) is 19.0. The van der Waals surface area contributed by atoms with Gasteiger partial charge in [-0.2, -0.15) is 5.26 Å². The van der Waals surface area contributed by atoms with Crippen LogP contribution in [0.4, 0.5) is 4.79 Å². The van der Waals surface area contributed by atoms with Crippen molar-refractivity contribution >= 4 is 17.0 Å². The molecular formula is C23H29N3O2. The molecule has 0 spiro atoms. The Bertz CT molecular complexity index is 947. The number of aromatic nitrogens is 1. The van der Waals surface area contributed by atoms with Crippen molar-refractivity contribution in [2.24, 2.45) is 5.41 Å². The number of hydrogen-bond donors (Lipinski definition) is 1. The van der Waals surface area contributed by atoms with E-state index in [1.165, 1.54) is 5.56 Å². The molecule has 1 aliphatic heterocycles. The summed E-state index contributed by atoms with van der Waals surface area (Å²) in [6.45, 7) is 6.68. The molecule has 0 saturated carbocycles. The van der Waals surface area contributed by atoms with E-state index in [0.717, 1.165) is 55.2 Å². The van der Waals surface area contributed by atoms with Crippen LogP contribution in [0.25, 0.3) is 10.9 Å². The number of hydrogen-bond acceptors (Lipinski definition) is 4. The summed E-state index contributed by atoms with van der Waals surface area (Å²) in [6.07, 6.45) is 5.31. The summed E-state index contributed by atoms with van der Waals surface area (Å²) in [5.41, 5.74) is 2.80. The van der Waals surface area contributed by atoms with Crippen LogP contribution in [-0.2, 0) is 11.2 Å². The van der Waals surface area contributed by atoms with Crippen LogP contribution in [0.5, 0.6) is 0 Å². The highest BCUT2D eigenvalue weighted by atomic mass is 16.6. The Morgan fingerprint density at radius 3 is 2.89 bits per heavy atom. The van der Waals surface area contributed by atoms with Gasteiger partial charge >= 0.3 is 6.09 Å². The molecule has 5 nitrogen and oxygen atoms in total. The molecule has 2 heterocycles. The minimum Gasteiger partial charge on any atom is -0.443 e. The second kappa shape index (κ2) is 6.93. The zero-order valence-electron chi connectivity index (χ0n) is 17.0. The smallest absolute Gasteiger partial charge is 0.419 e. The Morgan fingerprint density at radius 1 is 1.36 bits per heavy atom. The van der Waals surface area contributed by atoms with Gasteiger partial charge in [0.05, 0.1) is 11.6 Å². The monoisotopic (exact) mass is 379 g/mol. The summed E-state index contributed by atoms with van der Waals surface area (Å²) < 4.78 is 7.54. The molecule has 2 atom stereocenters. The number of rotatable bonds is 2. The average Bonchev–Trinajstić information content (AvgIpc) is 2.99. The van der Waals surface area contributed by atoms with Crippen LogP contribution in [-0.4, -0.2) is 22.8 Å². The molecule has 2 aliphatic rings. The lowest BCUT2D eigenvalue weighted by Gasteiger charge is -2.48. The van der Waals surface area contributed by atoms with E-state index in [1.54, 1.807) is 4.57 Å². The third-order valence-corrected chi connectivity index (χ3v) is 6.29. The summed E-state index contributed by atoms with van der Waals surface area (Å²) >= 11 is 0. The predicted octanol–water partition coefficient (Wildman–Crippen LogP) is 5.09. The summed E-state index contributed by atoms with van der Waals surface area (Å²) in [4.78, 5) is 13.1. The van der Waals surface area contributed by atoms with Crippen molar-refractivity contribution in [1.82, 2.24) is 9.88 Å². The molecule has 4 rings (SSSR count). The topological polar surface area (TPSA) is 67.0 Å². The first-order valence-corrected chi connectivity index (χ1v) is 10.3. The van der Waals surface area contributed by atoms with Crippen LogP contribution in [0.3, 0.4) is 0 Å². The molecule has 0 unspecified atom stereocenters. The number of carbonyl (C=O) groups is 1. The SMILES string of the molecule is CC(C)(C)OC(=O)n1c2c(c3ccccc31)[C@H]1NCCC[C@]1(CCC#N)CC2. The van der Waals surface area contributed by atoms with Crippen molar-refractivity contribution in [3.8, 4) is 6.07 Å². The Hall–Kier alpha value is -2.32. The minimum atomic E-state index is -0.538. The summed E-state index contributed by atoms with van der Waals surface area (Å²) in [5, 5.41) is 14.1. The van der Waals surface area contributed by atoms with E-state index >= 15 is 0 Å². The number of benzene rings is 1. The molecule has 5 heteroatoms. The first-order valence-electron chi connectivity index (χ1n) is 10.3. The van der Waals surface area contributed by atoms with Crippen molar-refractivity contribution in [2.45, 2.75) is 70.9 Å². The Kier molecular flexibility index (Phi) is 4.71. The molecule has 1 fully saturated rings. The second-order valence-corrected chi connectivity index (χ2v) is 9.20. The van der Waals surface area contributed by atoms with Crippen molar-refractivity contribution in [3.05, 3.63) is 35.5 Å². The van der Waals surface area contributed by atoms with Crippen LogP contribution in [0.1, 0.15) is 70.2 Å². The Balaban J connectivity index is 1.87. The van der Waals surface area contributed by atoms with Crippen LogP contribution < -0.4 is 5.32 Å². The predicted molar refractivity (Wildman–Crippen MR) is 109 cm³/mol. The van der Waals surface area contributed by atoms with Gasteiger partial charge in [0.15, 0.2) is 0 Å². The van der Waals surface area contributed by atoms with Gasteiger partial charge in [0.2, 0.25) is 0 Å². The fraction of sp³-hybridized carbons (Fsp3) is 0.565. The van der Waals surface area contributed by atoms with Gasteiger partial charge in [-0.15, -0.1) is 0 Å². The maximum absolute atomic E-state index is 13.1. The van der Waals surface area contributed by atoms with E-state index in [1.807, 2.05) is 39.0 Å². The van der Waals surface area contributed by atoms with E-state index in [2.05, 4.69) is 17.5 Å². The van der Waals surface area contributed by atoms with E-state index in [4.69, 9.17) is 4.74 Å². The number of fused-ring (bicyclic) bond motifs is 5. The molecule has 1 N–H and O–H groups in total. The van der Waals surface area contributed by atoms with Crippen LogP contribution in [0.15, 0.2) is 24.3 Å². The number of piperidine rings is 1. The maximum atomic E-state index is 13.1. The highest BCUT2D eigenvalue weighted by molar-refractivity contribution is 5.94. The molecule has 148 valence electrons. The van der Waals surface area contributed by atoms with Gasteiger partial charge in [-0.3, -0.25) is 0 Å². The van der Waals surface area contributed by atoms with E-state index in [0.29, 0.717) is 6.42 Å². The third kappa shape index (κ3) is 3.10. The fourth-order valence-corrected chi connectivity index (χ4v) is 5.19. The number of nitrogens with zero attached hydrogens (tertiary/aromatic N) is 2. The molecule has 28 heavy (non-hydrogen) atoms. The standard InChI is InChI=1S/C23H29N3O2/c1-22(2,3)28-21(27)26-17-9-5-4-8-16(17)19-18(26)10-13-23(11-6-14-24)12-7-15-25-20(19)23/h4-5,8-9,20,25H,6-7,10-13,15H2,1-3H3/t20-,23-/m1/s1. The molecule has 0 radical (unpaired) electrons. The van der Waals surface area contributed by atoms with Crippen molar-refractivity contribution in [3.63, 3.8) is 0 Å². The summed E-state index contributed by atoms with van der Waals surface area (Å²) in [6, 6.07) is 10.7. The zero-order chi connectivity index (χ0) is 19.9. The van der Waals surface area contributed by atoms with Gasteiger partial charge in [-0.1, -0.05) is 18.2 Å². The van der Waals surface area contributed by atoms with Gasteiger partial charge in [-0.05, 0) is 76.5 Å². The van der Waals surface area contributed by atoms with Crippen LogP contribution >= 0.6 is 0 Å². The van der Waals surface area contributed by atoms with Gasteiger partial charge in [0.1, 0.15) is 5.60 Å². The number of nitriles is 1. The third-order valence-electron chi connectivity index (χ3n) is 6.29. The highest BCUT2D eigenvalue weighted by Gasteiger charge is 2.47. The van der Waals surface area contributed by atoms with Crippen LogP contribution in [0, 0.1) is 16.7 Å². The highest BCUT2D eigenvalue weighted by Crippen LogP contribution is 2.54. The van der Waals surface area contributed by atoms with Gasteiger partial charge in [0.25, 0.3) is 0 Å². The molecule has 0 amide bonds. The molecule has 2 aromatic rings. The minimum absolute atomic E-state index is 0.101. The summed E-state index contributed by atoms with van der Waals surface area (Å²) in [5.74, 6) is 0. The second-order valence-electron chi connectivity index (χ2n) is 9.20. The molecule has 0 bridgehead atoms. The van der Waals surface area contributed by atoms with Gasteiger partial charge in [-0.25, -0.2) is 9.36 Å². The van der Waals surface area contributed by atoms with E-state index in [-0.39, 0.29) is 17.6 Å². The Morgan fingerprint density at radius 2 is 2.14 bits per heavy atom. The lowest BCUT2D eigenvalue weighted by Crippen LogP contribution is -2.46. The Labute approximate surface area is 166 Å². The van der Waals surface area contributed by atoms with Gasteiger partial charge in [0, 0.05) is 23.5 Å². The van der Waals surface area contributed by atoms with E-state index < -0.39 is 5.60 Å². The molecule has 1 aliphatic carbocycles. The number of carbonyl (C=O) groups excluding carboxylic acids is 1. The molecule has 1 aromatic carbocycles.